The molecule has 4 heteroatoms. The standard InChI is InChI=1S/C13H23N3S/c1-4-6-15-12-8-13(10-14-9-12)16-11(2)5-7-17-3/h8-11,15-16H,4-7H2,1-3H3. The van der Waals surface area contributed by atoms with Crippen LogP contribution in [-0.2, 0) is 0 Å². The lowest BCUT2D eigenvalue weighted by atomic mass is 10.2. The molecule has 1 unspecified atom stereocenters. The van der Waals surface area contributed by atoms with Gasteiger partial charge in [-0.05, 0) is 37.8 Å². The normalized spacial score (nSPS) is 12.2. The van der Waals surface area contributed by atoms with Crippen molar-refractivity contribution < 1.29 is 0 Å². The molecule has 0 bridgehead atoms. The van der Waals surface area contributed by atoms with E-state index in [1.54, 1.807) is 0 Å². The molecule has 0 aliphatic heterocycles. The fraction of sp³-hybridized carbons (Fsp3) is 0.615. The Bertz CT molecular complexity index is 317. The largest absolute Gasteiger partial charge is 0.384 e. The molecule has 96 valence electrons. The Hall–Kier alpha value is -0.900. The number of thioether (sulfide) groups is 1. The number of aromatic nitrogens is 1. The van der Waals surface area contributed by atoms with Gasteiger partial charge >= 0.3 is 0 Å². The molecule has 0 aromatic carbocycles. The molecule has 2 N–H and O–H groups in total. The second-order valence-corrected chi connectivity index (χ2v) is 5.20. The smallest absolute Gasteiger partial charge is 0.0549 e. The Labute approximate surface area is 109 Å². The minimum atomic E-state index is 0.491. The number of nitrogens with one attached hydrogen (secondary N) is 2. The summed E-state index contributed by atoms with van der Waals surface area (Å²) in [6.45, 7) is 5.36. The van der Waals surface area contributed by atoms with Crippen molar-refractivity contribution in [2.24, 2.45) is 0 Å². The van der Waals surface area contributed by atoms with Crippen LogP contribution in [0.4, 0.5) is 11.4 Å². The van der Waals surface area contributed by atoms with Gasteiger partial charge in [0.15, 0.2) is 0 Å². The van der Waals surface area contributed by atoms with Gasteiger partial charge in [0.1, 0.15) is 0 Å². The van der Waals surface area contributed by atoms with Crippen LogP contribution in [-0.4, -0.2) is 29.6 Å². The topological polar surface area (TPSA) is 37.0 Å². The van der Waals surface area contributed by atoms with Crippen LogP contribution in [0.3, 0.4) is 0 Å². The molecule has 1 aromatic rings. The minimum Gasteiger partial charge on any atom is -0.384 e. The highest BCUT2D eigenvalue weighted by Crippen LogP contribution is 2.15. The van der Waals surface area contributed by atoms with Crippen LogP contribution in [0.2, 0.25) is 0 Å². The summed E-state index contributed by atoms with van der Waals surface area (Å²) < 4.78 is 0. The summed E-state index contributed by atoms with van der Waals surface area (Å²) in [5.41, 5.74) is 2.19. The van der Waals surface area contributed by atoms with E-state index in [2.05, 4.69) is 41.8 Å². The third kappa shape index (κ3) is 5.82. The molecule has 1 atom stereocenters. The van der Waals surface area contributed by atoms with Crippen LogP contribution < -0.4 is 10.6 Å². The number of pyridine rings is 1. The number of hydrogen-bond donors (Lipinski definition) is 2. The summed E-state index contributed by atoms with van der Waals surface area (Å²) in [7, 11) is 0. The van der Waals surface area contributed by atoms with Gasteiger partial charge in [-0.2, -0.15) is 11.8 Å². The van der Waals surface area contributed by atoms with Crippen molar-refractivity contribution in [3.63, 3.8) is 0 Å². The maximum atomic E-state index is 4.24. The molecule has 0 aliphatic carbocycles. The van der Waals surface area contributed by atoms with Gasteiger partial charge in [0, 0.05) is 12.6 Å². The molecule has 0 saturated carbocycles. The summed E-state index contributed by atoms with van der Waals surface area (Å²) in [6.07, 6.45) is 8.19. The zero-order chi connectivity index (χ0) is 12.5. The second kappa shape index (κ2) is 8.23. The Balaban J connectivity index is 2.47. The predicted molar refractivity (Wildman–Crippen MR) is 79.1 cm³/mol. The molecule has 0 radical (unpaired) electrons. The SMILES string of the molecule is CCCNc1cncc(NC(C)CCSC)c1. The molecule has 1 rings (SSSR count). The Morgan fingerprint density at radius 3 is 2.82 bits per heavy atom. The Morgan fingerprint density at radius 1 is 1.35 bits per heavy atom. The van der Waals surface area contributed by atoms with Gasteiger partial charge in [0.25, 0.3) is 0 Å². The van der Waals surface area contributed by atoms with Crippen LogP contribution in [0.1, 0.15) is 26.7 Å². The van der Waals surface area contributed by atoms with Gasteiger partial charge in [-0.3, -0.25) is 4.98 Å². The average molecular weight is 253 g/mol. The Morgan fingerprint density at radius 2 is 2.12 bits per heavy atom. The summed E-state index contributed by atoms with van der Waals surface area (Å²) in [6, 6.07) is 2.61. The molecule has 1 aromatic heterocycles. The van der Waals surface area contributed by atoms with E-state index in [-0.39, 0.29) is 0 Å². The zero-order valence-electron chi connectivity index (χ0n) is 11.0. The highest BCUT2D eigenvalue weighted by Gasteiger charge is 2.02. The number of nitrogens with zero attached hydrogens (tertiary/aromatic N) is 1. The van der Waals surface area contributed by atoms with Gasteiger partial charge in [0.05, 0.1) is 23.8 Å². The van der Waals surface area contributed by atoms with Crippen molar-refractivity contribution in [1.82, 2.24) is 4.98 Å². The van der Waals surface area contributed by atoms with Gasteiger partial charge in [0.2, 0.25) is 0 Å². The maximum Gasteiger partial charge on any atom is 0.0549 e. The first kappa shape index (κ1) is 14.2. The third-order valence-electron chi connectivity index (χ3n) is 2.49. The van der Waals surface area contributed by atoms with Crippen molar-refractivity contribution in [2.45, 2.75) is 32.7 Å². The van der Waals surface area contributed by atoms with Crippen molar-refractivity contribution in [1.29, 1.82) is 0 Å². The molecular formula is C13H23N3S. The maximum absolute atomic E-state index is 4.24. The fourth-order valence-corrected chi connectivity index (χ4v) is 2.13. The lowest BCUT2D eigenvalue weighted by Crippen LogP contribution is -2.16. The van der Waals surface area contributed by atoms with Crippen molar-refractivity contribution in [2.75, 3.05) is 29.2 Å². The lowest BCUT2D eigenvalue weighted by molar-refractivity contribution is 0.771. The summed E-state index contributed by atoms with van der Waals surface area (Å²) in [5.74, 6) is 1.19. The van der Waals surface area contributed by atoms with Gasteiger partial charge < -0.3 is 10.6 Å². The van der Waals surface area contributed by atoms with Gasteiger partial charge in [-0.25, -0.2) is 0 Å². The number of anilines is 2. The first-order chi connectivity index (χ1) is 8.26. The third-order valence-corrected chi connectivity index (χ3v) is 3.13. The molecular weight excluding hydrogens is 230 g/mol. The van der Waals surface area contributed by atoms with E-state index < -0.39 is 0 Å². The van der Waals surface area contributed by atoms with E-state index in [0.717, 1.165) is 24.3 Å². The summed E-state index contributed by atoms with van der Waals surface area (Å²) in [4.78, 5) is 4.24. The van der Waals surface area contributed by atoms with E-state index in [0.29, 0.717) is 6.04 Å². The predicted octanol–water partition coefficient (Wildman–Crippen LogP) is 3.46. The molecule has 0 aliphatic rings. The fourth-order valence-electron chi connectivity index (χ4n) is 1.54. The number of hydrogen-bond acceptors (Lipinski definition) is 4. The summed E-state index contributed by atoms with van der Waals surface area (Å²) in [5, 5.41) is 6.82. The monoisotopic (exact) mass is 253 g/mol. The van der Waals surface area contributed by atoms with Crippen LogP contribution in [0, 0.1) is 0 Å². The van der Waals surface area contributed by atoms with Crippen molar-refractivity contribution >= 4 is 23.1 Å². The molecule has 0 spiro atoms. The molecule has 0 amide bonds. The second-order valence-electron chi connectivity index (χ2n) is 4.22. The first-order valence-corrected chi connectivity index (χ1v) is 7.60. The first-order valence-electron chi connectivity index (χ1n) is 6.20. The average Bonchev–Trinajstić information content (AvgIpc) is 2.34. The van der Waals surface area contributed by atoms with Crippen LogP contribution in [0.15, 0.2) is 18.5 Å². The highest BCUT2D eigenvalue weighted by molar-refractivity contribution is 7.98. The van der Waals surface area contributed by atoms with E-state index in [9.17, 15) is 0 Å². The molecule has 1 heterocycles. The van der Waals surface area contributed by atoms with E-state index in [1.165, 1.54) is 12.2 Å². The van der Waals surface area contributed by atoms with E-state index >= 15 is 0 Å². The van der Waals surface area contributed by atoms with Crippen molar-refractivity contribution in [3.05, 3.63) is 18.5 Å². The summed E-state index contributed by atoms with van der Waals surface area (Å²) >= 11 is 1.89. The minimum absolute atomic E-state index is 0.491. The van der Waals surface area contributed by atoms with Gasteiger partial charge in [-0.15, -0.1) is 0 Å². The highest BCUT2D eigenvalue weighted by atomic mass is 32.2. The molecule has 3 nitrogen and oxygen atoms in total. The van der Waals surface area contributed by atoms with Crippen molar-refractivity contribution in [3.8, 4) is 0 Å². The van der Waals surface area contributed by atoms with E-state index in [4.69, 9.17) is 0 Å². The zero-order valence-corrected chi connectivity index (χ0v) is 11.8. The van der Waals surface area contributed by atoms with E-state index in [1.807, 2.05) is 24.2 Å². The Kier molecular flexibility index (Phi) is 6.86. The quantitative estimate of drug-likeness (QED) is 0.744. The van der Waals surface area contributed by atoms with Crippen LogP contribution in [0.25, 0.3) is 0 Å². The van der Waals surface area contributed by atoms with Gasteiger partial charge in [-0.1, -0.05) is 6.92 Å². The van der Waals surface area contributed by atoms with Crippen LogP contribution in [0.5, 0.6) is 0 Å². The van der Waals surface area contributed by atoms with Crippen LogP contribution >= 0.6 is 11.8 Å². The molecule has 17 heavy (non-hydrogen) atoms. The molecule has 0 fully saturated rings. The molecule has 0 saturated heterocycles. The lowest BCUT2D eigenvalue weighted by Gasteiger charge is -2.15. The number of rotatable bonds is 8.